The molecule has 558 valence electrons. The Morgan fingerprint density at radius 3 is 1.40 bits per heavy atom. The first-order valence-corrected chi connectivity index (χ1v) is 37.6. The number of carboxylic acids is 1. The molecule has 0 radical (unpaired) electrons. The molecule has 0 aromatic carbocycles. The van der Waals surface area contributed by atoms with E-state index in [9.17, 15) is 75.7 Å². The van der Waals surface area contributed by atoms with Gasteiger partial charge >= 0.3 is 5.97 Å². The predicted octanol–water partition coefficient (Wildman–Crippen LogP) is 8.24. The van der Waals surface area contributed by atoms with Crippen LogP contribution in [0.4, 0.5) is 0 Å². The van der Waals surface area contributed by atoms with Crippen molar-refractivity contribution in [3.05, 3.63) is 12.2 Å². The van der Waals surface area contributed by atoms with Gasteiger partial charge in [-0.1, -0.05) is 264 Å². The Kier molecular flexibility index (Phi) is 47.9. The number of amides is 2. The van der Waals surface area contributed by atoms with E-state index in [-0.39, 0.29) is 12.3 Å². The number of aliphatic carboxylic acids is 1. The van der Waals surface area contributed by atoms with E-state index in [0.717, 1.165) is 51.9 Å². The van der Waals surface area contributed by atoms with Gasteiger partial charge in [-0.05, 0) is 19.3 Å². The van der Waals surface area contributed by atoms with Gasteiger partial charge in [0, 0.05) is 19.8 Å². The lowest BCUT2D eigenvalue weighted by atomic mass is 9.88. The Morgan fingerprint density at radius 1 is 0.547 bits per heavy atom. The summed E-state index contributed by atoms with van der Waals surface area (Å²) in [7, 11) is 0. The van der Waals surface area contributed by atoms with Gasteiger partial charge in [-0.2, -0.15) is 0 Å². The molecule has 0 spiro atoms. The topological polar surface area (TPSA) is 373 Å². The third-order valence-corrected chi connectivity index (χ3v) is 19.2. The van der Waals surface area contributed by atoms with Crippen molar-refractivity contribution in [2.45, 2.75) is 400 Å². The monoisotopic (exact) mass is 1360 g/mol. The molecule has 3 rings (SSSR count). The van der Waals surface area contributed by atoms with Crippen LogP contribution < -0.4 is 10.6 Å². The highest BCUT2D eigenvalue weighted by Crippen LogP contribution is 2.39. The predicted molar refractivity (Wildman–Crippen MR) is 362 cm³/mol. The molecule has 3 aliphatic heterocycles. The minimum Gasteiger partial charge on any atom is -0.477 e. The maximum Gasteiger partial charge on any atom is 0.364 e. The summed E-state index contributed by atoms with van der Waals surface area (Å²) in [5.41, 5.74) is 0. The van der Waals surface area contributed by atoms with E-state index in [1.165, 1.54) is 199 Å². The molecule has 3 aliphatic rings. The fourth-order valence-corrected chi connectivity index (χ4v) is 13.2. The van der Waals surface area contributed by atoms with Gasteiger partial charge in [0.1, 0.15) is 67.1 Å². The average molecular weight is 1360 g/mol. The molecule has 23 nitrogen and oxygen atoms in total. The van der Waals surface area contributed by atoms with Crippen LogP contribution in [0.2, 0.25) is 0 Å². The Balaban J connectivity index is 1.52. The van der Waals surface area contributed by atoms with Gasteiger partial charge < -0.3 is 100 Å². The number of aliphatic hydroxyl groups excluding tert-OH is 11. The van der Waals surface area contributed by atoms with Crippen LogP contribution in [0.25, 0.3) is 0 Å². The summed E-state index contributed by atoms with van der Waals surface area (Å²) in [4.78, 5) is 38.6. The minimum absolute atomic E-state index is 0.205. The molecule has 0 aromatic heterocycles. The number of carbonyl (C=O) groups excluding carboxylic acids is 2. The second kappa shape index (κ2) is 52.5. The summed E-state index contributed by atoms with van der Waals surface area (Å²) in [6, 6.07) is -2.61. The molecule has 0 bridgehead atoms. The lowest BCUT2D eigenvalue weighted by Gasteiger charge is -2.50. The molecule has 2 amide bonds. The van der Waals surface area contributed by atoms with Crippen LogP contribution in [-0.2, 0) is 42.8 Å². The standard InChI is InChI=1S/C72H134N2O21/c1-4-6-8-10-12-14-16-18-20-21-22-23-24-25-26-27-28-29-30-31-32-34-36-38-40-42-44-46-59(82)74-53(54(79)45-43-41-39-37-35-33-19-17-15-13-11-9-7-5-2)51-90-69-64(86)63(85)66(58(50-77)92-69)93-70-65(87)68(62(84)57(49-76)91-70)95-72(71(88)89)47-55(80)60(73-52(3)78)67(94-72)61(83)56(81)48-75/h43,45,53-58,60-70,75-77,79-81,83-87H,4-42,44,46-51H2,1-3H3,(H,73,78)(H,74,82)(H,88,89)/b45-43+. The normalized spacial score (nSPS) is 27.7. The van der Waals surface area contributed by atoms with E-state index in [0.29, 0.717) is 12.8 Å². The lowest BCUT2D eigenvalue weighted by molar-refractivity contribution is -0.386. The van der Waals surface area contributed by atoms with Crippen LogP contribution >= 0.6 is 0 Å². The van der Waals surface area contributed by atoms with Crippen molar-refractivity contribution in [3.63, 3.8) is 0 Å². The fraction of sp³-hybridized carbons (Fsp3) is 0.931. The summed E-state index contributed by atoms with van der Waals surface area (Å²) in [6.45, 7) is 2.16. The molecular formula is C72H134N2O21. The Labute approximate surface area is 569 Å². The van der Waals surface area contributed by atoms with Crippen LogP contribution in [0.1, 0.15) is 290 Å². The molecule has 3 saturated heterocycles. The van der Waals surface area contributed by atoms with Crippen LogP contribution in [0.5, 0.6) is 0 Å². The van der Waals surface area contributed by atoms with E-state index in [2.05, 4.69) is 24.5 Å². The highest BCUT2D eigenvalue weighted by molar-refractivity contribution is 5.77. The third-order valence-electron chi connectivity index (χ3n) is 19.2. The van der Waals surface area contributed by atoms with Crippen molar-refractivity contribution >= 4 is 17.8 Å². The molecule has 23 heteroatoms. The first-order chi connectivity index (χ1) is 45.9. The van der Waals surface area contributed by atoms with E-state index < -0.39 is 155 Å². The Hall–Kier alpha value is -2.53. The summed E-state index contributed by atoms with van der Waals surface area (Å²) in [5, 5.41) is 136. The summed E-state index contributed by atoms with van der Waals surface area (Å²) >= 11 is 0. The number of unbranched alkanes of at least 4 members (excludes halogenated alkanes) is 38. The number of nitrogens with one attached hydrogen (secondary N) is 2. The molecule has 18 atom stereocenters. The first kappa shape index (κ1) is 86.7. The van der Waals surface area contributed by atoms with Crippen molar-refractivity contribution in [3.8, 4) is 0 Å². The maximum atomic E-state index is 13.5. The molecule has 0 saturated carbocycles. The number of aliphatic hydroxyl groups is 11. The molecule has 0 aromatic rings. The lowest BCUT2D eigenvalue weighted by Crippen LogP contribution is -2.70. The zero-order valence-electron chi connectivity index (χ0n) is 58.5. The van der Waals surface area contributed by atoms with Crippen LogP contribution in [0.15, 0.2) is 12.2 Å². The van der Waals surface area contributed by atoms with Crippen molar-refractivity contribution < 1.29 is 104 Å². The minimum atomic E-state index is -3.08. The van der Waals surface area contributed by atoms with Gasteiger partial charge in [0.25, 0.3) is 5.79 Å². The summed E-state index contributed by atoms with van der Waals surface area (Å²) in [5.74, 6) is -6.13. The summed E-state index contributed by atoms with van der Waals surface area (Å²) in [6.07, 6.45) is 24.1. The zero-order chi connectivity index (χ0) is 69.6. The fourth-order valence-electron chi connectivity index (χ4n) is 13.2. The zero-order valence-corrected chi connectivity index (χ0v) is 58.5. The van der Waals surface area contributed by atoms with Gasteiger partial charge in [-0.25, -0.2) is 4.79 Å². The molecule has 3 heterocycles. The molecular weight excluding hydrogens is 1230 g/mol. The number of carboxylic acid groups (broad SMARTS) is 1. The third kappa shape index (κ3) is 34.1. The van der Waals surface area contributed by atoms with Crippen molar-refractivity contribution in [2.24, 2.45) is 0 Å². The molecule has 3 fully saturated rings. The van der Waals surface area contributed by atoms with Gasteiger partial charge in [0.05, 0.1) is 50.7 Å². The van der Waals surface area contributed by atoms with E-state index in [4.69, 9.17) is 28.4 Å². The number of hydrogen-bond donors (Lipinski definition) is 14. The van der Waals surface area contributed by atoms with Crippen LogP contribution in [0.3, 0.4) is 0 Å². The average Bonchev–Trinajstić information content (AvgIpc) is 0.758. The van der Waals surface area contributed by atoms with E-state index in [1.807, 2.05) is 6.08 Å². The van der Waals surface area contributed by atoms with Crippen LogP contribution in [-0.4, -0.2) is 215 Å². The van der Waals surface area contributed by atoms with Gasteiger partial charge in [-0.15, -0.1) is 0 Å². The quantitative estimate of drug-likeness (QED) is 0.0201. The number of ether oxygens (including phenoxy) is 6. The van der Waals surface area contributed by atoms with Crippen LogP contribution in [0, 0.1) is 0 Å². The van der Waals surface area contributed by atoms with Gasteiger partial charge in [0.15, 0.2) is 12.6 Å². The number of carbonyl (C=O) groups is 3. The highest BCUT2D eigenvalue weighted by atomic mass is 16.8. The number of hydrogen-bond acceptors (Lipinski definition) is 20. The molecule has 0 aliphatic carbocycles. The Bertz CT molecular complexity index is 1960. The van der Waals surface area contributed by atoms with Gasteiger partial charge in [0.2, 0.25) is 11.8 Å². The smallest absolute Gasteiger partial charge is 0.364 e. The van der Waals surface area contributed by atoms with E-state index in [1.54, 1.807) is 6.08 Å². The van der Waals surface area contributed by atoms with Gasteiger partial charge in [-0.3, -0.25) is 9.59 Å². The SMILES string of the molecule is CCCCCCCCCCCCCC/C=C/C(O)C(COC1OC(CO)C(OC2OC(CO)C(O)C(OC3(C(=O)O)CC(O)C(NC(C)=O)C(C(O)C(O)CO)O3)C2O)C(O)C1O)NC(=O)CCCCCCCCCCCCCCCCCCCCCCCCCCCCC. The second-order valence-corrected chi connectivity index (χ2v) is 27.5. The second-order valence-electron chi connectivity index (χ2n) is 27.5. The maximum absolute atomic E-state index is 13.5. The van der Waals surface area contributed by atoms with E-state index >= 15 is 0 Å². The molecule has 18 unspecified atom stereocenters. The summed E-state index contributed by atoms with van der Waals surface area (Å²) < 4.78 is 34.8. The van der Waals surface area contributed by atoms with Crippen molar-refractivity contribution in [1.29, 1.82) is 0 Å². The molecule has 95 heavy (non-hydrogen) atoms. The first-order valence-electron chi connectivity index (χ1n) is 37.6. The number of rotatable bonds is 58. The van der Waals surface area contributed by atoms with Crippen molar-refractivity contribution in [1.82, 2.24) is 10.6 Å². The molecule has 14 N–H and O–H groups in total. The number of allylic oxidation sites excluding steroid dienone is 1. The highest BCUT2D eigenvalue weighted by Gasteiger charge is 2.60. The Morgan fingerprint density at radius 2 is 0.979 bits per heavy atom. The largest absolute Gasteiger partial charge is 0.477 e. The van der Waals surface area contributed by atoms with Crippen molar-refractivity contribution in [2.75, 3.05) is 26.4 Å².